The third kappa shape index (κ3) is 3.41. The highest BCUT2D eigenvalue weighted by molar-refractivity contribution is 14.1. The highest BCUT2D eigenvalue weighted by Gasteiger charge is 2.14. The molecule has 2 aromatic rings. The van der Waals surface area contributed by atoms with E-state index in [0.29, 0.717) is 23.7 Å². The van der Waals surface area contributed by atoms with Crippen LogP contribution in [0.4, 0.5) is 0 Å². The SMILES string of the molecule is COc1cc(C(N)=O)cc(I)c1OCc1ccccc1. The van der Waals surface area contributed by atoms with Gasteiger partial charge in [-0.2, -0.15) is 0 Å². The number of halogens is 1. The summed E-state index contributed by atoms with van der Waals surface area (Å²) in [5.41, 5.74) is 6.74. The normalized spacial score (nSPS) is 10.1. The highest BCUT2D eigenvalue weighted by Crippen LogP contribution is 2.34. The van der Waals surface area contributed by atoms with E-state index in [0.717, 1.165) is 9.13 Å². The number of methoxy groups -OCH3 is 1. The maximum Gasteiger partial charge on any atom is 0.248 e. The van der Waals surface area contributed by atoms with Crippen molar-refractivity contribution in [3.8, 4) is 11.5 Å². The van der Waals surface area contributed by atoms with Gasteiger partial charge in [0.25, 0.3) is 0 Å². The van der Waals surface area contributed by atoms with E-state index in [1.165, 1.54) is 7.11 Å². The van der Waals surface area contributed by atoms with Crippen molar-refractivity contribution in [2.45, 2.75) is 6.61 Å². The molecule has 0 unspecified atom stereocenters. The lowest BCUT2D eigenvalue weighted by molar-refractivity contribution is 0.1000. The molecule has 0 bridgehead atoms. The third-order valence-corrected chi connectivity index (χ3v) is 3.54. The summed E-state index contributed by atoms with van der Waals surface area (Å²) < 4.78 is 11.8. The topological polar surface area (TPSA) is 61.5 Å². The predicted molar refractivity (Wildman–Crippen MR) is 85.0 cm³/mol. The minimum absolute atomic E-state index is 0.401. The summed E-state index contributed by atoms with van der Waals surface area (Å²) in [7, 11) is 1.53. The second kappa shape index (κ2) is 6.60. The molecule has 0 aliphatic rings. The average molecular weight is 383 g/mol. The molecule has 0 aliphatic carbocycles. The summed E-state index contributed by atoms with van der Waals surface area (Å²) in [4.78, 5) is 11.2. The summed E-state index contributed by atoms with van der Waals surface area (Å²) in [6.07, 6.45) is 0. The molecule has 0 saturated heterocycles. The summed E-state index contributed by atoms with van der Waals surface area (Å²) in [5, 5.41) is 0. The molecular weight excluding hydrogens is 369 g/mol. The average Bonchev–Trinajstić information content (AvgIpc) is 2.46. The largest absolute Gasteiger partial charge is 0.493 e. The van der Waals surface area contributed by atoms with Crippen LogP contribution in [0.3, 0.4) is 0 Å². The van der Waals surface area contributed by atoms with Gasteiger partial charge in [0, 0.05) is 5.56 Å². The van der Waals surface area contributed by atoms with E-state index in [4.69, 9.17) is 15.2 Å². The second-order valence-electron chi connectivity index (χ2n) is 4.13. The molecular formula is C15H14INO3. The van der Waals surface area contributed by atoms with Gasteiger partial charge in [0.1, 0.15) is 6.61 Å². The van der Waals surface area contributed by atoms with Crippen LogP contribution < -0.4 is 15.2 Å². The molecule has 0 fully saturated rings. The first-order valence-electron chi connectivity index (χ1n) is 5.96. The van der Waals surface area contributed by atoms with Crippen LogP contribution in [0.15, 0.2) is 42.5 Å². The van der Waals surface area contributed by atoms with Crippen molar-refractivity contribution in [1.29, 1.82) is 0 Å². The quantitative estimate of drug-likeness (QED) is 0.808. The van der Waals surface area contributed by atoms with Gasteiger partial charge in [-0.15, -0.1) is 0 Å². The molecule has 0 saturated carbocycles. The van der Waals surface area contributed by atoms with Crippen LogP contribution in [0.5, 0.6) is 11.5 Å². The van der Waals surface area contributed by atoms with E-state index in [-0.39, 0.29) is 0 Å². The van der Waals surface area contributed by atoms with Crippen molar-refractivity contribution < 1.29 is 14.3 Å². The number of amides is 1. The summed E-state index contributed by atoms with van der Waals surface area (Å²) in [6.45, 7) is 0.434. The molecule has 0 heterocycles. The fourth-order valence-corrected chi connectivity index (χ4v) is 2.49. The zero-order valence-corrected chi connectivity index (χ0v) is 13.1. The first-order chi connectivity index (χ1) is 9.61. The Hall–Kier alpha value is -1.76. The van der Waals surface area contributed by atoms with Crippen LogP contribution in [-0.4, -0.2) is 13.0 Å². The van der Waals surface area contributed by atoms with Gasteiger partial charge >= 0.3 is 0 Å². The number of rotatable bonds is 5. The molecule has 5 heteroatoms. The molecule has 0 atom stereocenters. The minimum atomic E-state index is -0.490. The Kier molecular flexibility index (Phi) is 4.84. The summed E-state index contributed by atoms with van der Waals surface area (Å²) >= 11 is 2.10. The highest BCUT2D eigenvalue weighted by atomic mass is 127. The molecule has 1 amide bonds. The zero-order valence-electron chi connectivity index (χ0n) is 10.9. The number of carbonyl (C=O) groups is 1. The van der Waals surface area contributed by atoms with Crippen molar-refractivity contribution >= 4 is 28.5 Å². The maximum absolute atomic E-state index is 11.2. The van der Waals surface area contributed by atoms with Crippen LogP contribution >= 0.6 is 22.6 Å². The first kappa shape index (κ1) is 14.6. The van der Waals surface area contributed by atoms with E-state index in [1.54, 1.807) is 12.1 Å². The van der Waals surface area contributed by atoms with Crippen molar-refractivity contribution in [1.82, 2.24) is 0 Å². The van der Waals surface area contributed by atoms with E-state index >= 15 is 0 Å². The van der Waals surface area contributed by atoms with Gasteiger partial charge in [-0.05, 0) is 40.3 Å². The van der Waals surface area contributed by atoms with E-state index < -0.39 is 5.91 Å². The fourth-order valence-electron chi connectivity index (χ4n) is 1.73. The van der Waals surface area contributed by atoms with Crippen molar-refractivity contribution in [2.75, 3.05) is 7.11 Å². The van der Waals surface area contributed by atoms with E-state index in [9.17, 15) is 4.79 Å². The van der Waals surface area contributed by atoms with Crippen molar-refractivity contribution in [3.63, 3.8) is 0 Å². The van der Waals surface area contributed by atoms with Crippen molar-refractivity contribution in [3.05, 3.63) is 57.2 Å². The molecule has 2 rings (SSSR count). The molecule has 104 valence electrons. The molecule has 0 spiro atoms. The van der Waals surface area contributed by atoms with Crippen LogP contribution in [0.25, 0.3) is 0 Å². The molecule has 2 aromatic carbocycles. The van der Waals surface area contributed by atoms with Gasteiger partial charge in [-0.1, -0.05) is 30.3 Å². The Morgan fingerprint density at radius 2 is 1.95 bits per heavy atom. The van der Waals surface area contributed by atoms with Crippen LogP contribution in [0.1, 0.15) is 15.9 Å². The van der Waals surface area contributed by atoms with Gasteiger partial charge < -0.3 is 15.2 Å². The third-order valence-electron chi connectivity index (χ3n) is 2.74. The van der Waals surface area contributed by atoms with Gasteiger partial charge in [0.15, 0.2) is 11.5 Å². The molecule has 0 radical (unpaired) electrons. The minimum Gasteiger partial charge on any atom is -0.493 e. The Balaban J connectivity index is 2.25. The van der Waals surface area contributed by atoms with Gasteiger partial charge in [0.05, 0.1) is 10.7 Å². The molecule has 0 aromatic heterocycles. The predicted octanol–water partition coefficient (Wildman–Crippen LogP) is 2.98. The van der Waals surface area contributed by atoms with Gasteiger partial charge in [-0.25, -0.2) is 0 Å². The lowest BCUT2D eigenvalue weighted by atomic mass is 10.2. The van der Waals surface area contributed by atoms with E-state index in [2.05, 4.69) is 22.6 Å². The first-order valence-corrected chi connectivity index (χ1v) is 7.03. The number of benzene rings is 2. The van der Waals surface area contributed by atoms with Crippen LogP contribution in [-0.2, 0) is 6.61 Å². The summed E-state index contributed by atoms with van der Waals surface area (Å²) in [5.74, 6) is 0.624. The Labute approximate surface area is 131 Å². The number of hydrogen-bond donors (Lipinski definition) is 1. The molecule has 0 aliphatic heterocycles. The standard InChI is InChI=1S/C15H14INO3/c1-19-13-8-11(15(17)18)7-12(16)14(13)20-9-10-5-3-2-4-6-10/h2-8H,9H2,1H3,(H2,17,18). The molecule has 20 heavy (non-hydrogen) atoms. The van der Waals surface area contributed by atoms with Gasteiger partial charge in [0.2, 0.25) is 5.91 Å². The Morgan fingerprint density at radius 3 is 2.55 bits per heavy atom. The van der Waals surface area contributed by atoms with Crippen LogP contribution in [0, 0.1) is 3.57 Å². The Morgan fingerprint density at radius 1 is 1.25 bits per heavy atom. The number of ether oxygens (including phenoxy) is 2. The monoisotopic (exact) mass is 383 g/mol. The number of nitrogens with two attached hydrogens (primary N) is 1. The lowest BCUT2D eigenvalue weighted by Crippen LogP contribution is -2.12. The molecule has 4 nitrogen and oxygen atoms in total. The molecule has 2 N–H and O–H groups in total. The van der Waals surface area contributed by atoms with Gasteiger partial charge in [-0.3, -0.25) is 4.79 Å². The zero-order chi connectivity index (χ0) is 14.5. The fraction of sp³-hybridized carbons (Fsp3) is 0.133. The number of hydrogen-bond acceptors (Lipinski definition) is 3. The van der Waals surface area contributed by atoms with E-state index in [1.807, 2.05) is 30.3 Å². The maximum atomic E-state index is 11.2. The Bertz CT molecular complexity index is 614. The number of carbonyl (C=O) groups excluding carboxylic acids is 1. The van der Waals surface area contributed by atoms with Crippen LogP contribution in [0.2, 0.25) is 0 Å². The number of primary amides is 1. The smallest absolute Gasteiger partial charge is 0.248 e. The van der Waals surface area contributed by atoms with Crippen molar-refractivity contribution in [2.24, 2.45) is 5.73 Å². The lowest BCUT2D eigenvalue weighted by Gasteiger charge is -2.13. The summed E-state index contributed by atoms with van der Waals surface area (Å²) in [6, 6.07) is 13.1. The second-order valence-corrected chi connectivity index (χ2v) is 5.29.